The number of piperazine rings is 1. The van der Waals surface area contributed by atoms with Crippen molar-refractivity contribution in [1.29, 1.82) is 0 Å². The Bertz CT molecular complexity index is 563. The van der Waals surface area contributed by atoms with Gasteiger partial charge in [0.1, 0.15) is 6.10 Å². The molecule has 2 fully saturated rings. The van der Waals surface area contributed by atoms with E-state index >= 15 is 0 Å². The summed E-state index contributed by atoms with van der Waals surface area (Å²) in [6.45, 7) is 4.48. The molecule has 23 heavy (non-hydrogen) atoms. The van der Waals surface area contributed by atoms with Crippen molar-refractivity contribution in [2.24, 2.45) is 0 Å². The molecule has 0 radical (unpaired) electrons. The van der Waals surface area contributed by atoms with E-state index in [1.54, 1.807) is 0 Å². The number of ether oxygens (including phenoxy) is 2. The van der Waals surface area contributed by atoms with Crippen molar-refractivity contribution in [2.45, 2.75) is 37.9 Å². The molecule has 2 aliphatic heterocycles. The minimum Gasteiger partial charge on any atom is -0.469 e. The second-order valence-electron chi connectivity index (χ2n) is 6.46. The minimum absolute atomic E-state index is 0.327. The lowest BCUT2D eigenvalue weighted by Crippen LogP contribution is -2.44. The van der Waals surface area contributed by atoms with Gasteiger partial charge in [-0.2, -0.15) is 4.98 Å². The summed E-state index contributed by atoms with van der Waals surface area (Å²) in [7, 11) is 0. The molecule has 3 aliphatic rings. The van der Waals surface area contributed by atoms with E-state index in [1.807, 2.05) is 0 Å². The van der Waals surface area contributed by atoms with Crippen LogP contribution in [0.5, 0.6) is 5.88 Å². The van der Waals surface area contributed by atoms with E-state index in [4.69, 9.17) is 19.4 Å². The summed E-state index contributed by atoms with van der Waals surface area (Å²) in [6.07, 6.45) is 3.34. The fourth-order valence-corrected chi connectivity index (χ4v) is 3.43. The zero-order chi connectivity index (χ0) is 15.6. The van der Waals surface area contributed by atoms with Crippen LogP contribution in [-0.4, -0.2) is 66.7 Å². The zero-order valence-corrected chi connectivity index (χ0v) is 13.3. The Kier molecular flexibility index (Phi) is 4.33. The SMILES string of the molecule is O[C@H]1COC[C@H]1Oc1nc(N2CCNCC2)nc2c1CCCC2. The largest absolute Gasteiger partial charge is 0.469 e. The summed E-state index contributed by atoms with van der Waals surface area (Å²) < 4.78 is 11.3. The standard InChI is InChI=1S/C16H24N4O3/c21-13-9-22-10-14(13)23-15-11-3-1-2-4-12(11)18-16(19-15)20-7-5-17-6-8-20/h13-14,17,21H,1-10H2/t13-,14+/m0/s1. The fourth-order valence-electron chi connectivity index (χ4n) is 3.43. The van der Waals surface area contributed by atoms with E-state index in [1.165, 1.54) is 6.42 Å². The van der Waals surface area contributed by atoms with Crippen molar-refractivity contribution >= 4 is 5.95 Å². The predicted octanol–water partition coefficient (Wildman–Crippen LogP) is -0.0965. The highest BCUT2D eigenvalue weighted by Crippen LogP contribution is 2.30. The average Bonchev–Trinajstić information content (AvgIpc) is 3.00. The smallest absolute Gasteiger partial charge is 0.228 e. The maximum absolute atomic E-state index is 9.96. The van der Waals surface area contributed by atoms with Crippen LogP contribution in [0.4, 0.5) is 5.95 Å². The van der Waals surface area contributed by atoms with E-state index in [0.717, 1.165) is 62.6 Å². The first kappa shape index (κ1) is 15.1. The van der Waals surface area contributed by atoms with Gasteiger partial charge in [0.15, 0.2) is 6.10 Å². The third kappa shape index (κ3) is 3.13. The number of aromatic nitrogens is 2. The van der Waals surface area contributed by atoms with Crippen LogP contribution in [0.15, 0.2) is 0 Å². The predicted molar refractivity (Wildman–Crippen MR) is 85.0 cm³/mol. The molecule has 2 saturated heterocycles. The maximum atomic E-state index is 9.96. The molecule has 0 saturated carbocycles. The van der Waals surface area contributed by atoms with E-state index in [2.05, 4.69) is 10.2 Å². The molecule has 1 aromatic rings. The molecule has 0 aromatic carbocycles. The quantitative estimate of drug-likeness (QED) is 0.805. The van der Waals surface area contributed by atoms with Gasteiger partial charge in [0.25, 0.3) is 0 Å². The van der Waals surface area contributed by atoms with Crippen molar-refractivity contribution in [3.63, 3.8) is 0 Å². The van der Waals surface area contributed by atoms with E-state index in [-0.39, 0.29) is 6.10 Å². The van der Waals surface area contributed by atoms with Gasteiger partial charge in [-0.15, -0.1) is 0 Å². The van der Waals surface area contributed by atoms with E-state index in [0.29, 0.717) is 19.1 Å². The summed E-state index contributed by atoms with van der Waals surface area (Å²) in [5.74, 6) is 1.41. The molecule has 7 nitrogen and oxygen atoms in total. The van der Waals surface area contributed by atoms with E-state index < -0.39 is 6.10 Å². The lowest BCUT2D eigenvalue weighted by atomic mass is 9.97. The van der Waals surface area contributed by atoms with Crippen LogP contribution in [0.3, 0.4) is 0 Å². The van der Waals surface area contributed by atoms with Gasteiger partial charge in [0, 0.05) is 31.7 Å². The molecule has 1 aromatic heterocycles. The Morgan fingerprint density at radius 1 is 1.13 bits per heavy atom. The van der Waals surface area contributed by atoms with Gasteiger partial charge in [-0.3, -0.25) is 0 Å². The Balaban J connectivity index is 1.64. The van der Waals surface area contributed by atoms with Crippen LogP contribution in [0, 0.1) is 0 Å². The van der Waals surface area contributed by atoms with Crippen molar-refractivity contribution in [3.8, 4) is 5.88 Å². The monoisotopic (exact) mass is 320 g/mol. The summed E-state index contributed by atoms with van der Waals surface area (Å²) in [6, 6.07) is 0. The molecule has 1 aliphatic carbocycles. The van der Waals surface area contributed by atoms with Crippen LogP contribution in [-0.2, 0) is 17.6 Å². The van der Waals surface area contributed by atoms with Crippen LogP contribution in [0.25, 0.3) is 0 Å². The van der Waals surface area contributed by atoms with Crippen molar-refractivity contribution in [1.82, 2.24) is 15.3 Å². The first-order chi connectivity index (χ1) is 11.3. The number of rotatable bonds is 3. The average molecular weight is 320 g/mol. The molecule has 4 rings (SSSR count). The van der Waals surface area contributed by atoms with Gasteiger partial charge in [-0.1, -0.05) is 0 Å². The van der Waals surface area contributed by atoms with Gasteiger partial charge in [0.05, 0.1) is 18.9 Å². The number of aliphatic hydroxyl groups is 1. The molecule has 2 atom stereocenters. The van der Waals surface area contributed by atoms with Crippen LogP contribution in [0.2, 0.25) is 0 Å². The molecule has 0 spiro atoms. The molecule has 0 amide bonds. The molecule has 3 heterocycles. The molecule has 7 heteroatoms. The number of hydrogen-bond donors (Lipinski definition) is 2. The second-order valence-corrected chi connectivity index (χ2v) is 6.46. The van der Waals surface area contributed by atoms with Gasteiger partial charge in [0.2, 0.25) is 11.8 Å². The van der Waals surface area contributed by atoms with Crippen molar-refractivity contribution in [3.05, 3.63) is 11.3 Å². The molecular formula is C16H24N4O3. The van der Waals surface area contributed by atoms with Gasteiger partial charge >= 0.3 is 0 Å². The van der Waals surface area contributed by atoms with Crippen molar-refractivity contribution in [2.75, 3.05) is 44.3 Å². The summed E-state index contributed by atoms with van der Waals surface area (Å²) in [4.78, 5) is 11.7. The normalized spacial score (nSPS) is 27.8. The summed E-state index contributed by atoms with van der Waals surface area (Å²) in [5.41, 5.74) is 2.23. The number of fused-ring (bicyclic) bond motifs is 1. The first-order valence-corrected chi connectivity index (χ1v) is 8.59. The third-order valence-electron chi connectivity index (χ3n) is 4.80. The molecule has 126 valence electrons. The number of nitrogens with one attached hydrogen (secondary N) is 1. The van der Waals surface area contributed by atoms with Crippen molar-refractivity contribution < 1.29 is 14.6 Å². The first-order valence-electron chi connectivity index (χ1n) is 8.59. The highest BCUT2D eigenvalue weighted by Gasteiger charge is 2.31. The minimum atomic E-state index is -0.577. The molecule has 2 N–H and O–H groups in total. The highest BCUT2D eigenvalue weighted by atomic mass is 16.6. The molecule has 0 bridgehead atoms. The fraction of sp³-hybridized carbons (Fsp3) is 0.750. The summed E-state index contributed by atoms with van der Waals surface area (Å²) >= 11 is 0. The van der Waals surface area contributed by atoms with Gasteiger partial charge in [-0.25, -0.2) is 4.98 Å². The lowest BCUT2D eigenvalue weighted by Gasteiger charge is -2.29. The summed E-state index contributed by atoms with van der Waals surface area (Å²) in [5, 5.41) is 13.3. The third-order valence-corrected chi connectivity index (χ3v) is 4.80. The second kappa shape index (κ2) is 6.59. The highest BCUT2D eigenvalue weighted by molar-refractivity contribution is 5.42. The van der Waals surface area contributed by atoms with Gasteiger partial charge < -0.3 is 24.8 Å². The number of hydrogen-bond acceptors (Lipinski definition) is 7. The van der Waals surface area contributed by atoms with Crippen LogP contribution in [0.1, 0.15) is 24.1 Å². The Hall–Kier alpha value is -1.44. The van der Waals surface area contributed by atoms with Crippen LogP contribution < -0.4 is 15.0 Å². The Labute approximate surface area is 136 Å². The molecular weight excluding hydrogens is 296 g/mol. The Morgan fingerprint density at radius 2 is 1.96 bits per heavy atom. The molecule has 0 unspecified atom stereocenters. The van der Waals surface area contributed by atoms with Crippen LogP contribution >= 0.6 is 0 Å². The number of anilines is 1. The number of aryl methyl sites for hydroxylation is 1. The number of aliphatic hydroxyl groups excluding tert-OH is 1. The topological polar surface area (TPSA) is 79.7 Å². The lowest BCUT2D eigenvalue weighted by molar-refractivity contribution is 0.0694. The Morgan fingerprint density at radius 3 is 2.74 bits per heavy atom. The number of nitrogens with zero attached hydrogens (tertiary/aromatic N) is 3. The van der Waals surface area contributed by atoms with E-state index in [9.17, 15) is 5.11 Å². The zero-order valence-electron chi connectivity index (χ0n) is 13.3. The maximum Gasteiger partial charge on any atom is 0.228 e. The van der Waals surface area contributed by atoms with Gasteiger partial charge in [-0.05, 0) is 25.7 Å².